The first kappa shape index (κ1) is 13.8. The molecule has 0 unspecified atom stereocenters. The van der Waals surface area contributed by atoms with E-state index in [1.807, 2.05) is 24.5 Å². The van der Waals surface area contributed by atoms with Crippen molar-refractivity contribution in [1.29, 1.82) is 0 Å². The van der Waals surface area contributed by atoms with Gasteiger partial charge >= 0.3 is 0 Å². The summed E-state index contributed by atoms with van der Waals surface area (Å²) in [5.74, 6) is 0.953. The van der Waals surface area contributed by atoms with E-state index < -0.39 is 0 Å². The van der Waals surface area contributed by atoms with Crippen LogP contribution in [0.5, 0.6) is 5.75 Å². The molecule has 0 aliphatic heterocycles. The zero-order chi connectivity index (χ0) is 12.3. The molecule has 0 aromatic heterocycles. The van der Waals surface area contributed by atoms with E-state index in [1.165, 1.54) is 37.7 Å². The smallest absolute Gasteiger partial charge is 0.129 e. The third-order valence-corrected chi connectivity index (χ3v) is 2.86. The van der Waals surface area contributed by atoms with Crippen LogP contribution in [-0.2, 0) is 0 Å². The van der Waals surface area contributed by atoms with Gasteiger partial charge < -0.3 is 4.74 Å². The van der Waals surface area contributed by atoms with Gasteiger partial charge in [0.25, 0.3) is 0 Å². The Morgan fingerprint density at radius 1 is 1.06 bits per heavy atom. The van der Waals surface area contributed by atoms with Gasteiger partial charge in [-0.05, 0) is 37.5 Å². The Labute approximate surface area is 106 Å². The normalized spacial score (nSPS) is 10.9. The van der Waals surface area contributed by atoms with E-state index >= 15 is 0 Å². The van der Waals surface area contributed by atoms with Crippen LogP contribution in [0.1, 0.15) is 51.0 Å². The van der Waals surface area contributed by atoms with Crippen LogP contribution in [0.2, 0.25) is 0 Å². The fraction of sp³-hybridized carbons (Fsp3) is 0.500. The summed E-state index contributed by atoms with van der Waals surface area (Å²) in [6, 6.07) is 8.09. The number of benzene rings is 1. The number of hydrogen-bond acceptors (Lipinski definition) is 1. The van der Waals surface area contributed by atoms with Crippen LogP contribution in [0.25, 0.3) is 0 Å². The fourth-order valence-corrected chi connectivity index (χ4v) is 1.74. The molecular weight excluding hydrogens is 208 g/mol. The molecule has 0 aliphatic rings. The summed E-state index contributed by atoms with van der Waals surface area (Å²) in [6.45, 7) is 4.31. The number of aryl methyl sites for hydroxylation is 1. The van der Waals surface area contributed by atoms with Gasteiger partial charge in [0.1, 0.15) is 5.75 Å². The Kier molecular flexibility index (Phi) is 7.20. The molecular formula is C16H24O. The molecule has 0 atom stereocenters. The van der Waals surface area contributed by atoms with Gasteiger partial charge in [-0.25, -0.2) is 0 Å². The van der Waals surface area contributed by atoms with E-state index in [1.54, 1.807) is 0 Å². The zero-order valence-corrected chi connectivity index (χ0v) is 11.1. The monoisotopic (exact) mass is 232 g/mol. The van der Waals surface area contributed by atoms with Crippen LogP contribution in [-0.4, -0.2) is 0 Å². The maximum atomic E-state index is 5.58. The molecule has 0 N–H and O–H groups in total. The molecule has 17 heavy (non-hydrogen) atoms. The van der Waals surface area contributed by atoms with Crippen molar-refractivity contribution in [3.05, 3.63) is 42.2 Å². The standard InChI is InChI=1S/C16H24O/c1-3-4-5-6-7-8-11-14-17-16-13-10-9-12-15(16)2/h9-14H,3-8H2,1-2H3/b14-11+. The fourth-order valence-electron chi connectivity index (χ4n) is 1.74. The highest BCUT2D eigenvalue weighted by atomic mass is 16.5. The first-order valence-corrected chi connectivity index (χ1v) is 6.72. The zero-order valence-electron chi connectivity index (χ0n) is 11.1. The largest absolute Gasteiger partial charge is 0.465 e. The van der Waals surface area contributed by atoms with E-state index in [2.05, 4.69) is 26.0 Å². The summed E-state index contributed by atoms with van der Waals surface area (Å²) in [4.78, 5) is 0. The van der Waals surface area contributed by atoms with E-state index in [0.29, 0.717) is 0 Å². The van der Waals surface area contributed by atoms with Crippen molar-refractivity contribution in [2.45, 2.75) is 52.4 Å². The molecule has 0 amide bonds. The number of rotatable bonds is 8. The number of unbranched alkanes of at least 4 members (excludes halogenated alkanes) is 5. The van der Waals surface area contributed by atoms with Crippen molar-refractivity contribution >= 4 is 0 Å². The van der Waals surface area contributed by atoms with E-state index in [0.717, 1.165) is 12.2 Å². The van der Waals surface area contributed by atoms with Gasteiger partial charge in [-0.1, -0.05) is 50.8 Å². The summed E-state index contributed by atoms with van der Waals surface area (Å²) in [5.41, 5.74) is 1.18. The molecule has 0 saturated carbocycles. The van der Waals surface area contributed by atoms with Gasteiger partial charge in [-0.2, -0.15) is 0 Å². The molecule has 0 aliphatic carbocycles. The average molecular weight is 232 g/mol. The molecule has 0 radical (unpaired) electrons. The van der Waals surface area contributed by atoms with Crippen LogP contribution in [0, 0.1) is 6.92 Å². The summed E-state index contributed by atoms with van der Waals surface area (Å²) >= 11 is 0. The van der Waals surface area contributed by atoms with Crippen LogP contribution >= 0.6 is 0 Å². The van der Waals surface area contributed by atoms with Crippen LogP contribution < -0.4 is 4.74 Å². The highest BCUT2D eigenvalue weighted by Crippen LogP contribution is 2.16. The highest BCUT2D eigenvalue weighted by molar-refractivity contribution is 5.32. The molecule has 1 aromatic rings. The van der Waals surface area contributed by atoms with Crippen molar-refractivity contribution in [3.8, 4) is 5.75 Å². The van der Waals surface area contributed by atoms with Crippen molar-refractivity contribution in [2.75, 3.05) is 0 Å². The number of ether oxygens (including phenoxy) is 1. The van der Waals surface area contributed by atoms with Crippen molar-refractivity contribution in [1.82, 2.24) is 0 Å². The first-order valence-electron chi connectivity index (χ1n) is 6.72. The third kappa shape index (κ3) is 6.15. The lowest BCUT2D eigenvalue weighted by Gasteiger charge is -2.03. The Morgan fingerprint density at radius 3 is 2.59 bits per heavy atom. The summed E-state index contributed by atoms with van der Waals surface area (Å²) in [5, 5.41) is 0. The van der Waals surface area contributed by atoms with Gasteiger partial charge in [0.2, 0.25) is 0 Å². The maximum Gasteiger partial charge on any atom is 0.129 e. The molecule has 0 fully saturated rings. The summed E-state index contributed by atoms with van der Waals surface area (Å²) in [7, 11) is 0. The van der Waals surface area contributed by atoms with Gasteiger partial charge in [0.05, 0.1) is 6.26 Å². The number of para-hydroxylation sites is 1. The lowest BCUT2D eigenvalue weighted by atomic mass is 10.1. The van der Waals surface area contributed by atoms with E-state index in [9.17, 15) is 0 Å². The first-order chi connectivity index (χ1) is 8.34. The Morgan fingerprint density at radius 2 is 1.82 bits per heavy atom. The summed E-state index contributed by atoms with van der Waals surface area (Å²) in [6.07, 6.45) is 11.7. The predicted octanol–water partition coefficient (Wildman–Crippen LogP) is 5.25. The second-order valence-electron chi connectivity index (χ2n) is 4.46. The Hall–Kier alpha value is -1.24. The topological polar surface area (TPSA) is 9.23 Å². The molecule has 0 spiro atoms. The van der Waals surface area contributed by atoms with Crippen LogP contribution in [0.3, 0.4) is 0 Å². The van der Waals surface area contributed by atoms with Crippen molar-refractivity contribution in [3.63, 3.8) is 0 Å². The van der Waals surface area contributed by atoms with Crippen molar-refractivity contribution < 1.29 is 4.74 Å². The van der Waals surface area contributed by atoms with E-state index in [4.69, 9.17) is 4.74 Å². The highest BCUT2D eigenvalue weighted by Gasteiger charge is 1.93. The van der Waals surface area contributed by atoms with Gasteiger partial charge in [-0.15, -0.1) is 0 Å². The molecule has 1 nitrogen and oxygen atoms in total. The molecule has 0 saturated heterocycles. The molecule has 1 rings (SSSR count). The SMILES string of the molecule is CCCCCCC/C=C/Oc1ccccc1C. The summed E-state index contributed by atoms with van der Waals surface area (Å²) < 4.78 is 5.58. The second-order valence-corrected chi connectivity index (χ2v) is 4.46. The molecule has 1 heteroatoms. The lowest BCUT2D eigenvalue weighted by molar-refractivity contribution is 0.474. The average Bonchev–Trinajstić information content (AvgIpc) is 2.35. The maximum absolute atomic E-state index is 5.58. The van der Waals surface area contributed by atoms with Crippen LogP contribution in [0.4, 0.5) is 0 Å². The van der Waals surface area contributed by atoms with E-state index in [-0.39, 0.29) is 0 Å². The number of allylic oxidation sites excluding steroid dienone is 1. The van der Waals surface area contributed by atoms with Crippen molar-refractivity contribution in [2.24, 2.45) is 0 Å². The minimum atomic E-state index is 0.953. The molecule has 0 bridgehead atoms. The Balaban J connectivity index is 2.12. The van der Waals surface area contributed by atoms with Gasteiger partial charge in [0.15, 0.2) is 0 Å². The minimum Gasteiger partial charge on any atom is -0.465 e. The second kappa shape index (κ2) is 8.86. The number of hydrogen-bond donors (Lipinski definition) is 0. The molecule has 1 aromatic carbocycles. The van der Waals surface area contributed by atoms with Crippen LogP contribution in [0.15, 0.2) is 36.6 Å². The minimum absolute atomic E-state index is 0.953. The molecule has 0 heterocycles. The lowest BCUT2D eigenvalue weighted by Crippen LogP contribution is -1.85. The Bertz CT molecular complexity index is 328. The van der Waals surface area contributed by atoms with Gasteiger partial charge in [0, 0.05) is 0 Å². The third-order valence-electron chi connectivity index (χ3n) is 2.86. The quantitative estimate of drug-likeness (QED) is 0.439. The predicted molar refractivity (Wildman–Crippen MR) is 74.3 cm³/mol. The molecule has 94 valence electrons. The van der Waals surface area contributed by atoms with Gasteiger partial charge in [-0.3, -0.25) is 0 Å².